The third-order valence-corrected chi connectivity index (χ3v) is 2.51. The first kappa shape index (κ1) is 15.2. The maximum Gasteiger partial charge on any atom is 0.302 e. The van der Waals surface area contributed by atoms with Crippen LogP contribution >= 0.6 is 0 Å². The molecular weight excluding hydrogens is 200 g/mol. The minimum absolute atomic E-state index is 0.132. The number of hydrogen-bond acceptors (Lipinski definition) is 2. The molecule has 0 saturated heterocycles. The predicted molar refractivity (Wildman–Crippen MR) is 68.4 cm³/mol. The van der Waals surface area contributed by atoms with Crippen molar-refractivity contribution in [3.63, 3.8) is 0 Å². The van der Waals surface area contributed by atoms with Crippen molar-refractivity contribution in [1.82, 2.24) is 0 Å². The van der Waals surface area contributed by atoms with Crippen LogP contribution in [0.4, 0.5) is 0 Å². The Kier molecular flexibility index (Phi) is 10.2. The van der Waals surface area contributed by atoms with Crippen molar-refractivity contribution < 1.29 is 9.53 Å². The van der Waals surface area contributed by atoms with Crippen molar-refractivity contribution in [3.05, 3.63) is 12.2 Å². The number of esters is 1. The van der Waals surface area contributed by atoms with Gasteiger partial charge < -0.3 is 4.74 Å². The molecule has 2 nitrogen and oxygen atoms in total. The molecule has 0 radical (unpaired) electrons. The van der Waals surface area contributed by atoms with Crippen LogP contribution in [-0.2, 0) is 9.53 Å². The van der Waals surface area contributed by atoms with Crippen LogP contribution in [0.5, 0.6) is 0 Å². The second-order valence-corrected chi connectivity index (χ2v) is 4.18. The van der Waals surface area contributed by atoms with Gasteiger partial charge in [-0.05, 0) is 32.1 Å². The van der Waals surface area contributed by atoms with E-state index in [2.05, 4.69) is 26.0 Å². The van der Waals surface area contributed by atoms with E-state index in [9.17, 15) is 4.79 Å². The Morgan fingerprint density at radius 3 is 2.44 bits per heavy atom. The largest absolute Gasteiger partial charge is 0.463 e. The summed E-state index contributed by atoms with van der Waals surface area (Å²) >= 11 is 0. The molecule has 0 bridgehead atoms. The van der Waals surface area contributed by atoms with Gasteiger partial charge in [0.25, 0.3) is 0 Å². The first-order valence-electron chi connectivity index (χ1n) is 6.52. The lowest BCUT2D eigenvalue weighted by Gasteiger charge is -2.16. The van der Waals surface area contributed by atoms with Gasteiger partial charge in [-0.2, -0.15) is 0 Å². The highest BCUT2D eigenvalue weighted by atomic mass is 16.5. The number of ether oxygens (including phenoxy) is 1. The zero-order chi connectivity index (χ0) is 12.2. The van der Waals surface area contributed by atoms with E-state index in [4.69, 9.17) is 4.74 Å². The zero-order valence-corrected chi connectivity index (χ0v) is 11.0. The molecule has 0 aromatic carbocycles. The van der Waals surface area contributed by atoms with Crippen molar-refractivity contribution in [2.45, 2.75) is 71.8 Å². The molecule has 0 aliphatic rings. The minimum Gasteiger partial charge on any atom is -0.463 e. The Labute approximate surface area is 100 Å². The lowest BCUT2D eigenvalue weighted by molar-refractivity contribution is -0.147. The fraction of sp³-hybridized carbons (Fsp3) is 0.786. The van der Waals surface area contributed by atoms with Crippen LogP contribution < -0.4 is 0 Å². The highest BCUT2D eigenvalue weighted by molar-refractivity contribution is 5.66. The summed E-state index contributed by atoms with van der Waals surface area (Å²) in [4.78, 5) is 10.9. The average molecular weight is 226 g/mol. The van der Waals surface area contributed by atoms with Crippen LogP contribution in [-0.4, -0.2) is 12.1 Å². The van der Waals surface area contributed by atoms with Gasteiger partial charge in [-0.1, -0.05) is 38.8 Å². The number of carbonyl (C=O) groups is 1. The molecule has 1 unspecified atom stereocenters. The first-order chi connectivity index (χ1) is 7.70. The third-order valence-electron chi connectivity index (χ3n) is 2.51. The maximum atomic E-state index is 10.9. The van der Waals surface area contributed by atoms with Gasteiger partial charge in [0.2, 0.25) is 0 Å². The lowest BCUT2D eigenvalue weighted by Crippen LogP contribution is -2.16. The number of unbranched alkanes of at least 4 members (excludes halogenated alkanes) is 2. The molecule has 2 heteroatoms. The van der Waals surface area contributed by atoms with Crippen LogP contribution in [0.25, 0.3) is 0 Å². The summed E-state index contributed by atoms with van der Waals surface area (Å²) in [5.74, 6) is -0.148. The molecule has 0 saturated carbocycles. The molecule has 0 fully saturated rings. The summed E-state index contributed by atoms with van der Waals surface area (Å²) in [5, 5.41) is 0. The van der Waals surface area contributed by atoms with Crippen LogP contribution in [0, 0.1) is 0 Å². The van der Waals surface area contributed by atoms with Gasteiger partial charge in [0.1, 0.15) is 6.10 Å². The summed E-state index contributed by atoms with van der Waals surface area (Å²) < 4.78 is 5.30. The Morgan fingerprint density at radius 2 is 1.88 bits per heavy atom. The molecule has 0 heterocycles. The molecule has 0 aliphatic carbocycles. The van der Waals surface area contributed by atoms with Gasteiger partial charge in [0, 0.05) is 6.92 Å². The molecule has 0 N–H and O–H groups in total. The molecule has 0 aliphatic heterocycles. The standard InChI is InChI=1S/C14H26O2/c1-4-6-8-9-10-12-14(11-7-5-2)16-13(3)15/h6,8,14H,4-5,7,9-12H2,1-3H3. The van der Waals surface area contributed by atoms with E-state index < -0.39 is 0 Å². The van der Waals surface area contributed by atoms with E-state index in [0.717, 1.165) is 44.9 Å². The number of carbonyl (C=O) groups excluding carboxylic acids is 1. The molecule has 0 aromatic heterocycles. The van der Waals surface area contributed by atoms with E-state index >= 15 is 0 Å². The van der Waals surface area contributed by atoms with Crippen molar-refractivity contribution in [3.8, 4) is 0 Å². The number of rotatable bonds is 9. The summed E-state index contributed by atoms with van der Waals surface area (Å²) in [5.41, 5.74) is 0. The van der Waals surface area contributed by atoms with Crippen molar-refractivity contribution in [2.75, 3.05) is 0 Å². The van der Waals surface area contributed by atoms with E-state index in [0.29, 0.717) is 0 Å². The Morgan fingerprint density at radius 1 is 1.19 bits per heavy atom. The van der Waals surface area contributed by atoms with Crippen LogP contribution in [0.3, 0.4) is 0 Å². The topological polar surface area (TPSA) is 26.3 Å². The monoisotopic (exact) mass is 226 g/mol. The van der Waals surface area contributed by atoms with Crippen molar-refractivity contribution in [2.24, 2.45) is 0 Å². The second-order valence-electron chi connectivity index (χ2n) is 4.18. The van der Waals surface area contributed by atoms with Gasteiger partial charge in [0.15, 0.2) is 0 Å². The fourth-order valence-corrected chi connectivity index (χ4v) is 1.68. The molecule has 1 atom stereocenters. The Balaban J connectivity index is 3.72. The SMILES string of the molecule is CCC=CCCCC(CCCC)OC(C)=O. The smallest absolute Gasteiger partial charge is 0.302 e. The highest BCUT2D eigenvalue weighted by Crippen LogP contribution is 2.13. The van der Waals surface area contributed by atoms with E-state index in [-0.39, 0.29) is 12.1 Å². The van der Waals surface area contributed by atoms with Gasteiger partial charge in [-0.15, -0.1) is 0 Å². The number of allylic oxidation sites excluding steroid dienone is 2. The summed E-state index contributed by atoms with van der Waals surface area (Å²) in [6, 6.07) is 0. The zero-order valence-electron chi connectivity index (χ0n) is 11.0. The van der Waals surface area contributed by atoms with Gasteiger partial charge >= 0.3 is 5.97 Å². The fourth-order valence-electron chi connectivity index (χ4n) is 1.68. The molecule has 0 aromatic rings. The molecule has 94 valence electrons. The average Bonchev–Trinajstić information content (AvgIpc) is 2.24. The third kappa shape index (κ3) is 9.75. The Bertz CT molecular complexity index is 197. The summed E-state index contributed by atoms with van der Waals surface area (Å²) in [7, 11) is 0. The quantitative estimate of drug-likeness (QED) is 0.334. The van der Waals surface area contributed by atoms with Gasteiger partial charge in [-0.3, -0.25) is 4.79 Å². The summed E-state index contributed by atoms with van der Waals surface area (Å²) in [6.07, 6.45) is 12.1. The second kappa shape index (κ2) is 10.7. The molecule has 0 spiro atoms. The lowest BCUT2D eigenvalue weighted by atomic mass is 10.1. The predicted octanol–water partition coefficient (Wildman–Crippen LogP) is 4.24. The summed E-state index contributed by atoms with van der Waals surface area (Å²) in [6.45, 7) is 5.80. The Hall–Kier alpha value is -0.790. The maximum absolute atomic E-state index is 10.9. The van der Waals surface area contributed by atoms with Crippen molar-refractivity contribution in [1.29, 1.82) is 0 Å². The molecular formula is C14H26O2. The van der Waals surface area contributed by atoms with E-state index in [1.807, 2.05) is 0 Å². The van der Waals surface area contributed by atoms with Crippen molar-refractivity contribution >= 4 is 5.97 Å². The van der Waals surface area contributed by atoms with Crippen LogP contribution in [0.1, 0.15) is 65.7 Å². The van der Waals surface area contributed by atoms with Gasteiger partial charge in [-0.25, -0.2) is 0 Å². The molecule has 0 rings (SSSR count). The number of hydrogen-bond donors (Lipinski definition) is 0. The molecule has 16 heavy (non-hydrogen) atoms. The van der Waals surface area contributed by atoms with E-state index in [1.54, 1.807) is 0 Å². The minimum atomic E-state index is -0.148. The van der Waals surface area contributed by atoms with E-state index in [1.165, 1.54) is 6.92 Å². The van der Waals surface area contributed by atoms with Gasteiger partial charge in [0.05, 0.1) is 0 Å². The van der Waals surface area contributed by atoms with Crippen LogP contribution in [0.2, 0.25) is 0 Å². The first-order valence-corrected chi connectivity index (χ1v) is 6.52. The highest BCUT2D eigenvalue weighted by Gasteiger charge is 2.10. The molecule has 0 amide bonds. The normalized spacial score (nSPS) is 12.9. The van der Waals surface area contributed by atoms with Crippen LogP contribution in [0.15, 0.2) is 12.2 Å².